The van der Waals surface area contributed by atoms with E-state index in [4.69, 9.17) is 5.11 Å². The zero-order valence-corrected chi connectivity index (χ0v) is 13.2. The molecule has 0 saturated heterocycles. The van der Waals surface area contributed by atoms with E-state index in [1.165, 1.54) is 11.1 Å². The molecule has 23 heavy (non-hydrogen) atoms. The molecule has 1 amide bonds. The molecule has 3 N–H and O–H groups in total. The Hall–Kier alpha value is -2.34. The fourth-order valence-electron chi connectivity index (χ4n) is 3.12. The molecule has 0 bridgehead atoms. The Kier molecular flexibility index (Phi) is 4.62. The van der Waals surface area contributed by atoms with Crippen LogP contribution in [0.15, 0.2) is 36.7 Å². The summed E-state index contributed by atoms with van der Waals surface area (Å²) >= 11 is 0. The fourth-order valence-corrected chi connectivity index (χ4v) is 3.12. The predicted octanol–water partition coefficient (Wildman–Crippen LogP) is 1.34. The molecule has 0 unspecified atom stereocenters. The van der Waals surface area contributed by atoms with Crippen molar-refractivity contribution in [2.24, 2.45) is 5.92 Å². The zero-order valence-electron chi connectivity index (χ0n) is 13.2. The van der Waals surface area contributed by atoms with Gasteiger partial charge in [-0.25, -0.2) is 0 Å². The molecule has 1 heterocycles. The van der Waals surface area contributed by atoms with Crippen molar-refractivity contribution in [3.8, 4) is 0 Å². The van der Waals surface area contributed by atoms with Gasteiger partial charge in [-0.05, 0) is 23.5 Å². The summed E-state index contributed by atoms with van der Waals surface area (Å²) in [5.41, 5.74) is 3.65. The van der Waals surface area contributed by atoms with Gasteiger partial charge in [0.25, 0.3) is 0 Å². The minimum Gasteiger partial charge on any atom is -0.395 e. The van der Waals surface area contributed by atoms with E-state index in [0.717, 1.165) is 12.1 Å². The second-order valence-corrected chi connectivity index (χ2v) is 6.00. The summed E-state index contributed by atoms with van der Waals surface area (Å²) in [7, 11) is 0. The summed E-state index contributed by atoms with van der Waals surface area (Å²) in [4.78, 5) is 11.6. The van der Waals surface area contributed by atoms with Crippen molar-refractivity contribution in [1.82, 2.24) is 15.1 Å². The molecule has 6 nitrogen and oxygen atoms in total. The summed E-state index contributed by atoms with van der Waals surface area (Å²) in [5, 5.41) is 19.1. The first kappa shape index (κ1) is 15.6. The number of carbonyl (C=O) groups excluding carboxylic acids is 1. The van der Waals surface area contributed by atoms with E-state index in [0.29, 0.717) is 5.92 Å². The van der Waals surface area contributed by atoms with E-state index >= 15 is 0 Å². The van der Waals surface area contributed by atoms with Crippen molar-refractivity contribution in [3.05, 3.63) is 47.8 Å². The lowest BCUT2D eigenvalue weighted by Gasteiger charge is -2.18. The normalized spacial score (nSPS) is 19.4. The van der Waals surface area contributed by atoms with Crippen molar-refractivity contribution in [3.63, 3.8) is 0 Å². The van der Waals surface area contributed by atoms with Crippen LogP contribution in [-0.2, 0) is 17.8 Å². The van der Waals surface area contributed by atoms with E-state index in [2.05, 4.69) is 46.9 Å². The van der Waals surface area contributed by atoms with Gasteiger partial charge in [-0.3, -0.25) is 9.48 Å². The first-order valence-corrected chi connectivity index (χ1v) is 7.91. The average molecular weight is 314 g/mol. The molecular formula is C17H22N4O2. The molecule has 122 valence electrons. The van der Waals surface area contributed by atoms with Crippen LogP contribution in [0.5, 0.6) is 0 Å². The van der Waals surface area contributed by atoms with Crippen LogP contribution in [0.25, 0.3) is 0 Å². The lowest BCUT2D eigenvalue weighted by molar-refractivity contribution is -0.122. The Morgan fingerprint density at radius 1 is 1.43 bits per heavy atom. The number of aliphatic hydroxyl groups is 1. The van der Waals surface area contributed by atoms with Crippen LogP contribution >= 0.6 is 0 Å². The molecule has 1 aliphatic carbocycles. The molecule has 1 aromatic heterocycles. The zero-order chi connectivity index (χ0) is 16.2. The molecule has 0 spiro atoms. The number of rotatable bonds is 6. The third-order valence-electron chi connectivity index (χ3n) is 4.20. The monoisotopic (exact) mass is 314 g/mol. The molecule has 0 aliphatic heterocycles. The number of benzene rings is 1. The van der Waals surface area contributed by atoms with Gasteiger partial charge >= 0.3 is 0 Å². The largest absolute Gasteiger partial charge is 0.395 e. The highest BCUT2D eigenvalue weighted by molar-refractivity contribution is 5.75. The number of fused-ring (bicyclic) bond motifs is 1. The molecular weight excluding hydrogens is 292 g/mol. The minimum absolute atomic E-state index is 0.0589. The third-order valence-corrected chi connectivity index (χ3v) is 4.20. The van der Waals surface area contributed by atoms with Crippen LogP contribution in [0.2, 0.25) is 0 Å². The van der Waals surface area contributed by atoms with Gasteiger partial charge in [-0.1, -0.05) is 31.2 Å². The molecule has 2 atom stereocenters. The van der Waals surface area contributed by atoms with Crippen molar-refractivity contribution < 1.29 is 9.90 Å². The van der Waals surface area contributed by atoms with Gasteiger partial charge in [0.2, 0.25) is 5.91 Å². The van der Waals surface area contributed by atoms with Gasteiger partial charge in [-0.15, -0.1) is 0 Å². The molecule has 0 fully saturated rings. The number of aliphatic hydroxyl groups excluding tert-OH is 1. The van der Waals surface area contributed by atoms with Gasteiger partial charge in [0.05, 0.1) is 24.5 Å². The summed E-state index contributed by atoms with van der Waals surface area (Å²) in [6.45, 7) is 2.60. The molecule has 1 aromatic carbocycles. The summed E-state index contributed by atoms with van der Waals surface area (Å²) < 4.78 is 1.60. The molecule has 1 aliphatic rings. The van der Waals surface area contributed by atoms with Crippen LogP contribution in [0.1, 0.15) is 24.1 Å². The Bertz CT molecular complexity index is 683. The van der Waals surface area contributed by atoms with Gasteiger partial charge in [0.15, 0.2) is 0 Å². The fraction of sp³-hybridized carbons (Fsp3) is 0.412. The number of aromatic nitrogens is 2. The molecule has 3 rings (SSSR count). The lowest BCUT2D eigenvalue weighted by atomic mass is 10.0. The highest BCUT2D eigenvalue weighted by Gasteiger charge is 2.29. The van der Waals surface area contributed by atoms with Gasteiger partial charge in [-0.2, -0.15) is 5.10 Å². The number of hydrogen-bond donors (Lipinski definition) is 3. The minimum atomic E-state index is -0.159. The summed E-state index contributed by atoms with van der Waals surface area (Å²) in [6, 6.07) is 8.77. The SMILES string of the molecule is C[C@H]1Cc2ccccc2[C@H]1Nc1cnn(CC(=O)NCCO)c1. The maximum atomic E-state index is 11.6. The molecule has 6 heteroatoms. The summed E-state index contributed by atoms with van der Waals surface area (Å²) in [5.74, 6) is 0.358. The first-order chi connectivity index (χ1) is 11.2. The van der Waals surface area contributed by atoms with Gasteiger partial charge < -0.3 is 15.7 Å². The van der Waals surface area contributed by atoms with Crippen LogP contribution in [0.3, 0.4) is 0 Å². The topological polar surface area (TPSA) is 79.2 Å². The Morgan fingerprint density at radius 2 is 2.26 bits per heavy atom. The number of hydrogen-bond acceptors (Lipinski definition) is 4. The van der Waals surface area contributed by atoms with Crippen molar-refractivity contribution >= 4 is 11.6 Å². The second kappa shape index (κ2) is 6.83. The maximum Gasteiger partial charge on any atom is 0.241 e. The second-order valence-electron chi connectivity index (χ2n) is 6.00. The van der Waals surface area contributed by atoms with Gasteiger partial charge in [0.1, 0.15) is 6.54 Å². The van der Waals surface area contributed by atoms with E-state index < -0.39 is 0 Å². The molecule has 0 saturated carbocycles. The number of carbonyl (C=O) groups is 1. The number of anilines is 1. The third kappa shape index (κ3) is 3.53. The Morgan fingerprint density at radius 3 is 3.09 bits per heavy atom. The first-order valence-electron chi connectivity index (χ1n) is 7.91. The maximum absolute atomic E-state index is 11.6. The molecule has 2 aromatic rings. The van der Waals surface area contributed by atoms with Crippen LogP contribution in [-0.4, -0.2) is 33.9 Å². The van der Waals surface area contributed by atoms with E-state index in [1.54, 1.807) is 10.9 Å². The van der Waals surface area contributed by atoms with Crippen LogP contribution in [0, 0.1) is 5.92 Å². The number of nitrogens with one attached hydrogen (secondary N) is 2. The highest BCUT2D eigenvalue weighted by Crippen LogP contribution is 2.37. The van der Waals surface area contributed by atoms with E-state index in [-0.39, 0.29) is 31.6 Å². The van der Waals surface area contributed by atoms with Crippen molar-refractivity contribution in [1.29, 1.82) is 0 Å². The van der Waals surface area contributed by atoms with Crippen LogP contribution in [0.4, 0.5) is 5.69 Å². The van der Waals surface area contributed by atoms with Crippen molar-refractivity contribution in [2.75, 3.05) is 18.5 Å². The van der Waals surface area contributed by atoms with Gasteiger partial charge in [0, 0.05) is 12.7 Å². The quantitative estimate of drug-likeness (QED) is 0.752. The highest BCUT2D eigenvalue weighted by atomic mass is 16.3. The van der Waals surface area contributed by atoms with E-state index in [1.807, 2.05) is 6.20 Å². The van der Waals surface area contributed by atoms with E-state index in [9.17, 15) is 4.79 Å². The van der Waals surface area contributed by atoms with Crippen LogP contribution < -0.4 is 10.6 Å². The Labute approximate surface area is 135 Å². The number of nitrogens with zero attached hydrogens (tertiary/aromatic N) is 2. The standard InChI is InChI=1S/C17H22N4O2/c1-12-8-13-4-2-3-5-15(13)17(12)20-14-9-19-21(10-14)11-16(23)18-6-7-22/h2-5,9-10,12,17,20,22H,6-8,11H2,1H3,(H,18,23)/t12-,17-/m0/s1. The van der Waals surface area contributed by atoms with Crippen molar-refractivity contribution in [2.45, 2.75) is 25.9 Å². The smallest absolute Gasteiger partial charge is 0.241 e. The average Bonchev–Trinajstić information content (AvgIpc) is 3.10. The molecule has 0 radical (unpaired) electrons. The Balaban J connectivity index is 1.64. The number of amides is 1. The lowest BCUT2D eigenvalue weighted by Crippen LogP contribution is -2.30. The predicted molar refractivity (Wildman–Crippen MR) is 88.0 cm³/mol. The summed E-state index contributed by atoms with van der Waals surface area (Å²) in [6.07, 6.45) is 4.66.